The van der Waals surface area contributed by atoms with E-state index < -0.39 is 10.0 Å². The number of sulfonamides is 1. The minimum atomic E-state index is -3.51. The number of halogens is 2. The van der Waals surface area contributed by atoms with E-state index in [1.165, 1.54) is 16.4 Å². The molecule has 1 aliphatic rings. The summed E-state index contributed by atoms with van der Waals surface area (Å²) >= 11 is 3.34. The normalized spacial score (nSPS) is 16.4. The molecule has 128 valence electrons. The van der Waals surface area contributed by atoms with E-state index >= 15 is 0 Å². The van der Waals surface area contributed by atoms with Crippen LogP contribution in [-0.4, -0.2) is 38.9 Å². The molecule has 0 aromatic heterocycles. The highest BCUT2D eigenvalue weighted by Gasteiger charge is 2.29. The molecule has 1 saturated heterocycles. The van der Waals surface area contributed by atoms with Crippen LogP contribution in [0, 0.1) is 12.7 Å². The second kappa shape index (κ2) is 6.82. The van der Waals surface area contributed by atoms with Crippen LogP contribution in [0.3, 0.4) is 0 Å². The van der Waals surface area contributed by atoms with Gasteiger partial charge in [-0.05, 0) is 48.9 Å². The Bertz CT molecular complexity index is 832. The van der Waals surface area contributed by atoms with Gasteiger partial charge in [0.15, 0.2) is 0 Å². The van der Waals surface area contributed by atoms with Gasteiger partial charge in [-0.1, -0.05) is 22.0 Å². The van der Waals surface area contributed by atoms with Crippen LogP contribution in [0.25, 0.3) is 0 Å². The maximum atomic E-state index is 13.0. The fraction of sp³-hybridized carbons (Fsp3) is 0.294. The van der Waals surface area contributed by atoms with Crippen LogP contribution in [0.5, 0.6) is 0 Å². The molecule has 0 bridgehead atoms. The van der Waals surface area contributed by atoms with E-state index in [4.69, 9.17) is 0 Å². The smallest absolute Gasteiger partial charge is 0.243 e. The summed E-state index contributed by atoms with van der Waals surface area (Å²) in [7, 11) is -3.51. The molecule has 0 saturated carbocycles. The number of nitrogens with zero attached hydrogens (tertiary/aromatic N) is 2. The third-order valence-corrected chi connectivity index (χ3v) is 6.73. The Morgan fingerprint density at radius 3 is 2.25 bits per heavy atom. The summed E-state index contributed by atoms with van der Waals surface area (Å²) in [4.78, 5) is 2.41. The highest BCUT2D eigenvalue weighted by atomic mass is 79.9. The van der Waals surface area contributed by atoms with Crippen LogP contribution in [-0.2, 0) is 10.0 Å². The first-order valence-electron chi connectivity index (χ1n) is 7.65. The number of aryl methyl sites for hydroxylation is 1. The van der Waals surface area contributed by atoms with Gasteiger partial charge in [-0.25, -0.2) is 12.8 Å². The summed E-state index contributed by atoms with van der Waals surface area (Å²) in [5.74, 6) is -0.273. The van der Waals surface area contributed by atoms with Gasteiger partial charge in [0.2, 0.25) is 10.0 Å². The average molecular weight is 413 g/mol. The third-order valence-electron chi connectivity index (χ3n) is 4.20. The summed E-state index contributed by atoms with van der Waals surface area (Å²) in [6.45, 7) is 3.78. The van der Waals surface area contributed by atoms with Gasteiger partial charge >= 0.3 is 0 Å². The Kier molecular flexibility index (Phi) is 4.94. The Morgan fingerprint density at radius 2 is 1.62 bits per heavy atom. The average Bonchev–Trinajstić information content (AvgIpc) is 2.58. The van der Waals surface area contributed by atoms with E-state index in [1.807, 2.05) is 6.07 Å². The van der Waals surface area contributed by atoms with Crippen molar-refractivity contribution < 1.29 is 12.8 Å². The molecule has 24 heavy (non-hydrogen) atoms. The van der Waals surface area contributed by atoms with Gasteiger partial charge in [-0.15, -0.1) is 0 Å². The van der Waals surface area contributed by atoms with Crippen LogP contribution in [0.15, 0.2) is 51.8 Å². The third kappa shape index (κ3) is 3.48. The van der Waals surface area contributed by atoms with E-state index in [1.54, 1.807) is 31.2 Å². The minimum Gasteiger partial charge on any atom is -0.369 e. The van der Waals surface area contributed by atoms with Crippen molar-refractivity contribution in [1.29, 1.82) is 0 Å². The Labute approximate surface area is 150 Å². The van der Waals surface area contributed by atoms with E-state index in [9.17, 15) is 12.8 Å². The molecule has 0 atom stereocenters. The van der Waals surface area contributed by atoms with Crippen molar-refractivity contribution in [3.05, 3.63) is 58.3 Å². The number of benzene rings is 2. The summed E-state index contributed by atoms with van der Waals surface area (Å²) in [5, 5.41) is 0. The zero-order valence-electron chi connectivity index (χ0n) is 13.2. The molecule has 0 amide bonds. The van der Waals surface area contributed by atoms with Crippen LogP contribution < -0.4 is 4.90 Å². The highest BCUT2D eigenvalue weighted by molar-refractivity contribution is 9.10. The van der Waals surface area contributed by atoms with Crippen molar-refractivity contribution in [2.45, 2.75) is 11.8 Å². The van der Waals surface area contributed by atoms with Gasteiger partial charge in [-0.3, -0.25) is 0 Å². The SMILES string of the molecule is Cc1ccc(Br)cc1S(=O)(=O)N1CCN(c2ccc(F)cc2)CC1. The fourth-order valence-corrected chi connectivity index (χ4v) is 5.02. The lowest BCUT2D eigenvalue weighted by Gasteiger charge is -2.35. The molecule has 2 aromatic carbocycles. The molecule has 3 rings (SSSR count). The monoisotopic (exact) mass is 412 g/mol. The van der Waals surface area contributed by atoms with Gasteiger partial charge in [0.25, 0.3) is 0 Å². The first-order valence-corrected chi connectivity index (χ1v) is 9.88. The molecule has 0 radical (unpaired) electrons. The maximum Gasteiger partial charge on any atom is 0.243 e. The van der Waals surface area contributed by atoms with Crippen LogP contribution >= 0.6 is 15.9 Å². The number of anilines is 1. The lowest BCUT2D eigenvalue weighted by molar-refractivity contribution is 0.384. The van der Waals surface area contributed by atoms with E-state index in [-0.39, 0.29) is 5.82 Å². The second-order valence-electron chi connectivity index (χ2n) is 5.78. The van der Waals surface area contributed by atoms with Crippen LogP contribution in [0.4, 0.5) is 10.1 Å². The summed E-state index contributed by atoms with van der Waals surface area (Å²) in [5.41, 5.74) is 1.64. The summed E-state index contributed by atoms with van der Waals surface area (Å²) < 4.78 is 41.1. The molecule has 0 spiro atoms. The number of rotatable bonds is 3. The molecule has 1 heterocycles. The maximum absolute atomic E-state index is 13.0. The number of hydrogen-bond acceptors (Lipinski definition) is 3. The Hall–Kier alpha value is -1.44. The Balaban J connectivity index is 1.76. The van der Waals surface area contributed by atoms with Crippen molar-refractivity contribution in [3.63, 3.8) is 0 Å². The van der Waals surface area contributed by atoms with Gasteiger partial charge < -0.3 is 4.90 Å². The zero-order valence-corrected chi connectivity index (χ0v) is 15.6. The Morgan fingerprint density at radius 1 is 1.00 bits per heavy atom. The minimum absolute atomic E-state index is 0.273. The molecule has 0 unspecified atom stereocenters. The lowest BCUT2D eigenvalue weighted by atomic mass is 10.2. The van der Waals surface area contributed by atoms with Crippen molar-refractivity contribution in [1.82, 2.24) is 4.31 Å². The van der Waals surface area contributed by atoms with Crippen molar-refractivity contribution in [2.24, 2.45) is 0 Å². The molecule has 0 N–H and O–H groups in total. The first kappa shape index (κ1) is 17.4. The predicted octanol–water partition coefficient (Wildman–Crippen LogP) is 3.41. The topological polar surface area (TPSA) is 40.6 Å². The van der Waals surface area contributed by atoms with Crippen molar-refractivity contribution in [2.75, 3.05) is 31.1 Å². The number of piperazine rings is 1. The highest BCUT2D eigenvalue weighted by Crippen LogP contribution is 2.26. The quantitative estimate of drug-likeness (QED) is 0.775. The summed E-state index contributed by atoms with van der Waals surface area (Å²) in [6.07, 6.45) is 0. The molecule has 2 aromatic rings. The molecule has 0 aliphatic carbocycles. The van der Waals surface area contributed by atoms with Crippen molar-refractivity contribution in [3.8, 4) is 0 Å². The molecule has 1 fully saturated rings. The number of hydrogen-bond donors (Lipinski definition) is 0. The van der Waals surface area contributed by atoms with E-state index in [2.05, 4.69) is 20.8 Å². The molecule has 4 nitrogen and oxygen atoms in total. The van der Waals surface area contributed by atoms with Gasteiger partial charge in [-0.2, -0.15) is 4.31 Å². The standard InChI is InChI=1S/C17H18BrFN2O2S/c1-13-2-3-14(18)12-17(13)24(22,23)21-10-8-20(9-11-21)16-6-4-15(19)5-7-16/h2-7,12H,8-11H2,1H3. The molecular weight excluding hydrogens is 395 g/mol. The van der Waals surface area contributed by atoms with Gasteiger partial charge in [0, 0.05) is 36.3 Å². The largest absolute Gasteiger partial charge is 0.369 e. The molecular formula is C17H18BrFN2O2S. The zero-order chi connectivity index (χ0) is 17.3. The molecule has 1 aliphatic heterocycles. The fourth-order valence-electron chi connectivity index (χ4n) is 2.83. The van der Waals surface area contributed by atoms with Crippen molar-refractivity contribution >= 4 is 31.6 Å². The first-order chi connectivity index (χ1) is 11.4. The van der Waals surface area contributed by atoms with Crippen LogP contribution in [0.1, 0.15) is 5.56 Å². The second-order valence-corrected chi connectivity index (χ2v) is 8.60. The van der Waals surface area contributed by atoms with E-state index in [0.29, 0.717) is 31.1 Å². The predicted molar refractivity (Wildman–Crippen MR) is 96.3 cm³/mol. The summed E-state index contributed by atoms with van der Waals surface area (Å²) in [6, 6.07) is 11.6. The van der Waals surface area contributed by atoms with Gasteiger partial charge in [0.05, 0.1) is 4.90 Å². The van der Waals surface area contributed by atoms with Crippen LogP contribution in [0.2, 0.25) is 0 Å². The van der Waals surface area contributed by atoms with Gasteiger partial charge in [0.1, 0.15) is 5.82 Å². The molecule has 7 heteroatoms. The van der Waals surface area contributed by atoms with E-state index in [0.717, 1.165) is 15.7 Å². The lowest BCUT2D eigenvalue weighted by Crippen LogP contribution is -2.48.